The Kier molecular flexibility index (Phi) is 42.8. The molecule has 0 fully saturated rings. The van der Waals surface area contributed by atoms with Gasteiger partial charge in [-0.15, -0.1) is 79.0 Å². The van der Waals surface area contributed by atoms with Gasteiger partial charge in [-0.3, -0.25) is 4.79 Å². The van der Waals surface area contributed by atoms with Gasteiger partial charge in [0.15, 0.2) is 5.91 Å². The van der Waals surface area contributed by atoms with Gasteiger partial charge in [0, 0.05) is 78.5 Å². The number of unbranched alkanes of at least 4 members (excludes halogenated alkanes) is 3. The van der Waals surface area contributed by atoms with E-state index in [1.54, 1.807) is 46.2 Å². The maximum Gasteiger partial charge on any atom is 0.193 e. The SMILES string of the molecule is CC(=O)C[CH-]CSSC[CH-]CCCCC([CH-]CSSC[CH-]CC(C)=O)C(=O)NCCOCCOCCN.[Y].[Y]. The number of hydrogen-bond donors (Lipinski definition) is 2. The zero-order valence-electron chi connectivity index (χ0n) is 23.6. The van der Waals surface area contributed by atoms with Crippen LogP contribution in [0, 0.1) is 31.6 Å². The summed E-state index contributed by atoms with van der Waals surface area (Å²) in [7, 11) is 7.00. The van der Waals surface area contributed by atoms with E-state index in [0.717, 1.165) is 48.7 Å². The molecular formula is C26H46N2O5S4Y2-4. The summed E-state index contributed by atoms with van der Waals surface area (Å²) in [6, 6.07) is 0. The molecule has 0 aromatic rings. The average Bonchev–Trinajstić information content (AvgIpc) is 2.86. The molecule has 0 aromatic carbocycles. The Morgan fingerprint density at radius 2 is 1.31 bits per heavy atom. The van der Waals surface area contributed by atoms with E-state index < -0.39 is 0 Å². The molecule has 1 amide bonds. The van der Waals surface area contributed by atoms with Gasteiger partial charge in [-0.25, -0.2) is 0 Å². The van der Waals surface area contributed by atoms with E-state index in [2.05, 4.69) is 18.2 Å². The number of nitrogens with one attached hydrogen (secondary N) is 1. The van der Waals surface area contributed by atoms with Gasteiger partial charge in [0.05, 0.1) is 26.4 Å². The first kappa shape index (κ1) is 45.7. The third-order valence-electron chi connectivity index (χ3n) is 4.73. The molecular weight excluding hydrogens is 726 g/mol. The predicted molar refractivity (Wildman–Crippen MR) is 163 cm³/mol. The second kappa shape index (κ2) is 36.5. The Bertz CT molecular complexity index is 584. The molecule has 0 saturated heterocycles. The van der Waals surface area contributed by atoms with Crippen LogP contribution >= 0.6 is 43.2 Å². The first-order valence-electron chi connectivity index (χ1n) is 12.9. The maximum atomic E-state index is 12.8. The summed E-state index contributed by atoms with van der Waals surface area (Å²) in [4.78, 5) is 34.7. The van der Waals surface area contributed by atoms with Crippen LogP contribution in [-0.4, -0.2) is 80.0 Å². The van der Waals surface area contributed by atoms with Crippen molar-refractivity contribution >= 4 is 60.6 Å². The Hall–Kier alpha value is 2.30. The fourth-order valence-corrected chi connectivity index (χ4v) is 6.53. The van der Waals surface area contributed by atoms with Gasteiger partial charge in [-0.2, -0.15) is 6.42 Å². The molecule has 0 heterocycles. The van der Waals surface area contributed by atoms with Crippen LogP contribution in [0.25, 0.3) is 0 Å². The average molecular weight is 773 g/mol. The van der Waals surface area contributed by atoms with Crippen LogP contribution in [-0.2, 0) is 89.3 Å². The minimum Gasteiger partial charge on any atom is -0.378 e. The van der Waals surface area contributed by atoms with E-state index in [9.17, 15) is 14.4 Å². The van der Waals surface area contributed by atoms with Crippen molar-refractivity contribution < 1.29 is 89.3 Å². The molecule has 1 atom stereocenters. The van der Waals surface area contributed by atoms with Crippen molar-refractivity contribution in [1.29, 1.82) is 0 Å². The van der Waals surface area contributed by atoms with E-state index in [4.69, 9.17) is 15.2 Å². The van der Waals surface area contributed by atoms with Gasteiger partial charge in [0.25, 0.3) is 0 Å². The molecule has 3 N–H and O–H groups in total. The van der Waals surface area contributed by atoms with Crippen LogP contribution in [0.3, 0.4) is 0 Å². The number of nitrogens with two attached hydrogens (primary N) is 1. The van der Waals surface area contributed by atoms with Crippen molar-refractivity contribution in [3.8, 4) is 0 Å². The minimum atomic E-state index is -0.121. The molecule has 2 radical (unpaired) electrons. The normalized spacial score (nSPS) is 11.4. The molecule has 13 heteroatoms. The summed E-state index contributed by atoms with van der Waals surface area (Å²) in [5.74, 6) is 3.80. The molecule has 0 aromatic heterocycles. The molecule has 7 nitrogen and oxygen atoms in total. The Morgan fingerprint density at radius 3 is 1.87 bits per heavy atom. The summed E-state index contributed by atoms with van der Waals surface area (Å²) in [6.07, 6.45) is 13.4. The van der Waals surface area contributed by atoms with E-state index in [1.165, 1.54) is 0 Å². The van der Waals surface area contributed by atoms with Crippen molar-refractivity contribution in [2.45, 2.75) is 52.4 Å². The van der Waals surface area contributed by atoms with Crippen LogP contribution in [0.2, 0.25) is 0 Å². The monoisotopic (exact) mass is 772 g/mol. The van der Waals surface area contributed by atoms with Crippen molar-refractivity contribution in [1.82, 2.24) is 5.32 Å². The van der Waals surface area contributed by atoms with Crippen molar-refractivity contribution in [2.75, 3.05) is 62.5 Å². The number of ether oxygens (including phenoxy) is 2. The van der Waals surface area contributed by atoms with Crippen LogP contribution in [0.4, 0.5) is 0 Å². The molecule has 0 aliphatic carbocycles. The third-order valence-corrected chi connectivity index (χ3v) is 9.14. The van der Waals surface area contributed by atoms with E-state index in [0.29, 0.717) is 52.4 Å². The van der Waals surface area contributed by atoms with Gasteiger partial charge in [0.2, 0.25) is 0 Å². The molecule has 0 aliphatic rings. The summed E-state index contributed by atoms with van der Waals surface area (Å²) >= 11 is 0. The standard InChI is InChI=1S/C26H46N2O5S4.2Y/c1-23(29)9-7-20-35-34-19-6-4-3-5-11-25(12-22-37-36-21-8-10-24(2)30)26(31)28-14-16-33-18-17-32-15-13-27;;/h6-8,12,25H,3-5,9-11,13-22,27H2,1-2H3,(H,28,31);;/q-4;;. The molecule has 0 saturated carbocycles. The number of rotatable bonds is 29. The summed E-state index contributed by atoms with van der Waals surface area (Å²) in [6.45, 7) is 6.17. The number of hydrogen-bond acceptors (Lipinski definition) is 10. The third kappa shape index (κ3) is 36.4. The van der Waals surface area contributed by atoms with Crippen molar-refractivity contribution in [3.05, 3.63) is 25.7 Å². The van der Waals surface area contributed by atoms with Gasteiger partial charge >= 0.3 is 0 Å². The largest absolute Gasteiger partial charge is 0.378 e. The van der Waals surface area contributed by atoms with E-state index >= 15 is 0 Å². The zero-order valence-corrected chi connectivity index (χ0v) is 32.5. The molecule has 0 rings (SSSR count). The quantitative estimate of drug-likeness (QED) is 0.0626. The maximum absolute atomic E-state index is 12.8. The number of amides is 1. The number of carbonyl (C=O) groups is 3. The van der Waals surface area contributed by atoms with Crippen molar-refractivity contribution in [3.63, 3.8) is 0 Å². The van der Waals surface area contributed by atoms with E-state index in [-0.39, 0.29) is 88.8 Å². The fourth-order valence-electron chi connectivity index (χ4n) is 2.89. The van der Waals surface area contributed by atoms with Crippen LogP contribution in [0.15, 0.2) is 0 Å². The Morgan fingerprint density at radius 1 is 0.769 bits per heavy atom. The van der Waals surface area contributed by atoms with Gasteiger partial charge in [-0.05, 0) is 13.8 Å². The first-order valence-corrected chi connectivity index (χ1v) is 17.8. The molecule has 0 spiro atoms. The molecule has 0 aliphatic heterocycles. The molecule has 224 valence electrons. The van der Waals surface area contributed by atoms with Crippen LogP contribution in [0.1, 0.15) is 52.4 Å². The predicted octanol–water partition coefficient (Wildman–Crippen LogP) is 4.80. The molecule has 1 unspecified atom stereocenters. The Labute approximate surface area is 304 Å². The smallest absolute Gasteiger partial charge is 0.193 e. The number of carbonyl (C=O) groups excluding carboxylic acids is 3. The van der Waals surface area contributed by atoms with Crippen LogP contribution in [0.5, 0.6) is 0 Å². The van der Waals surface area contributed by atoms with Crippen LogP contribution < -0.4 is 11.1 Å². The fraction of sp³-hybridized carbons (Fsp3) is 0.731. The summed E-state index contributed by atoms with van der Waals surface area (Å²) in [5, 5.41) is 3.00. The topological polar surface area (TPSA) is 108 Å². The second-order valence-electron chi connectivity index (χ2n) is 8.25. The van der Waals surface area contributed by atoms with E-state index in [1.807, 2.05) is 23.6 Å². The number of ketones is 2. The number of Topliss-reactive ketones (excluding diaryl/α,β-unsaturated/α-hetero) is 2. The van der Waals surface area contributed by atoms with Gasteiger partial charge < -0.3 is 55.8 Å². The second-order valence-corrected chi connectivity index (χ2v) is 13.4. The first-order chi connectivity index (χ1) is 18.0. The Balaban J connectivity index is -0.00000648. The van der Waals surface area contributed by atoms with Gasteiger partial charge in [-0.1, -0.05) is 25.2 Å². The van der Waals surface area contributed by atoms with Gasteiger partial charge in [0.1, 0.15) is 11.6 Å². The van der Waals surface area contributed by atoms with Crippen molar-refractivity contribution in [2.24, 2.45) is 11.7 Å². The molecule has 39 heavy (non-hydrogen) atoms. The molecule has 0 bridgehead atoms. The minimum absolute atomic E-state index is 0. The summed E-state index contributed by atoms with van der Waals surface area (Å²) < 4.78 is 10.8. The zero-order chi connectivity index (χ0) is 27.4. The summed E-state index contributed by atoms with van der Waals surface area (Å²) in [5.41, 5.74) is 5.38.